The highest BCUT2D eigenvalue weighted by molar-refractivity contribution is 5.96. The number of nitrogens with one attached hydrogen (secondary N) is 2. The van der Waals surface area contributed by atoms with Crippen LogP contribution in [0, 0.1) is 20.2 Å². The van der Waals surface area contributed by atoms with E-state index in [-0.39, 0.29) is 18.4 Å². The Labute approximate surface area is 210 Å². The molecule has 12 nitrogen and oxygen atoms in total. The SMILES string of the molecule is O=C(C[C@H](NC(=O)c1cc([N+](=O)[O-])cc([N+](=O)[O-])c1)c1ccccc1)NC(Cc1ccccc1)C(=O)O. The molecule has 1 unspecified atom stereocenters. The average Bonchev–Trinajstić information content (AvgIpc) is 2.88. The van der Waals surface area contributed by atoms with Gasteiger partial charge in [0, 0.05) is 18.6 Å². The van der Waals surface area contributed by atoms with Gasteiger partial charge >= 0.3 is 5.97 Å². The Bertz CT molecular complexity index is 1280. The summed E-state index contributed by atoms with van der Waals surface area (Å²) in [6, 6.07) is 17.4. The van der Waals surface area contributed by atoms with Crippen LogP contribution in [-0.4, -0.2) is 38.8 Å². The maximum Gasteiger partial charge on any atom is 0.326 e. The number of hydrogen-bond donors (Lipinski definition) is 3. The number of amides is 2. The van der Waals surface area contributed by atoms with Crippen LogP contribution in [0.5, 0.6) is 0 Å². The van der Waals surface area contributed by atoms with Crippen molar-refractivity contribution < 1.29 is 29.3 Å². The number of nitro groups is 2. The first-order chi connectivity index (χ1) is 17.6. The normalized spacial score (nSPS) is 12.1. The van der Waals surface area contributed by atoms with Gasteiger partial charge in [0.25, 0.3) is 17.3 Å². The van der Waals surface area contributed by atoms with E-state index in [0.717, 1.165) is 18.2 Å². The van der Waals surface area contributed by atoms with Crippen LogP contribution in [0.3, 0.4) is 0 Å². The van der Waals surface area contributed by atoms with Crippen molar-refractivity contribution >= 4 is 29.2 Å². The lowest BCUT2D eigenvalue weighted by molar-refractivity contribution is -0.394. The van der Waals surface area contributed by atoms with Gasteiger partial charge < -0.3 is 15.7 Å². The Morgan fingerprint density at radius 1 is 0.811 bits per heavy atom. The first kappa shape index (κ1) is 26.5. The number of hydrogen-bond acceptors (Lipinski definition) is 7. The van der Waals surface area contributed by atoms with Crippen LogP contribution in [0.25, 0.3) is 0 Å². The Morgan fingerprint density at radius 3 is 1.86 bits per heavy atom. The number of carboxylic acid groups (broad SMARTS) is 1. The van der Waals surface area contributed by atoms with Crippen LogP contribution in [-0.2, 0) is 16.0 Å². The molecule has 0 saturated carbocycles. The van der Waals surface area contributed by atoms with E-state index in [1.807, 2.05) is 0 Å². The van der Waals surface area contributed by atoms with Crippen molar-refractivity contribution in [3.05, 3.63) is 116 Å². The molecule has 0 aliphatic heterocycles. The molecule has 0 saturated heterocycles. The second-order valence-electron chi connectivity index (χ2n) is 8.04. The fourth-order valence-electron chi connectivity index (χ4n) is 3.60. The van der Waals surface area contributed by atoms with E-state index in [0.29, 0.717) is 11.1 Å². The summed E-state index contributed by atoms with van der Waals surface area (Å²) >= 11 is 0. The minimum atomic E-state index is -1.23. The molecule has 0 aromatic heterocycles. The van der Waals surface area contributed by atoms with Crippen molar-refractivity contribution in [2.75, 3.05) is 0 Å². The summed E-state index contributed by atoms with van der Waals surface area (Å²) in [4.78, 5) is 58.2. The second kappa shape index (κ2) is 12.0. The molecule has 2 amide bonds. The smallest absolute Gasteiger partial charge is 0.326 e. The third-order valence-corrected chi connectivity index (χ3v) is 5.40. The number of rotatable bonds is 11. The highest BCUT2D eigenvalue weighted by Gasteiger charge is 2.26. The van der Waals surface area contributed by atoms with Gasteiger partial charge in [0.05, 0.1) is 33.9 Å². The maximum atomic E-state index is 12.9. The van der Waals surface area contributed by atoms with Crippen molar-refractivity contribution in [3.63, 3.8) is 0 Å². The summed E-state index contributed by atoms with van der Waals surface area (Å²) in [5, 5.41) is 37.0. The minimum Gasteiger partial charge on any atom is -0.480 e. The minimum absolute atomic E-state index is 0.0433. The van der Waals surface area contributed by atoms with Crippen LogP contribution >= 0.6 is 0 Å². The summed E-state index contributed by atoms with van der Waals surface area (Å²) in [6.45, 7) is 0. The highest BCUT2D eigenvalue weighted by atomic mass is 16.6. The maximum absolute atomic E-state index is 12.9. The zero-order valence-electron chi connectivity index (χ0n) is 19.3. The van der Waals surface area contributed by atoms with Crippen molar-refractivity contribution in [3.8, 4) is 0 Å². The van der Waals surface area contributed by atoms with E-state index in [4.69, 9.17) is 0 Å². The number of aliphatic carboxylic acids is 1. The van der Waals surface area contributed by atoms with Crippen LogP contribution in [0.4, 0.5) is 11.4 Å². The number of carbonyl (C=O) groups is 3. The van der Waals surface area contributed by atoms with Crippen molar-refractivity contribution in [1.82, 2.24) is 10.6 Å². The molecule has 37 heavy (non-hydrogen) atoms. The number of benzene rings is 3. The molecule has 0 aliphatic rings. The van der Waals surface area contributed by atoms with Gasteiger partial charge in [-0.2, -0.15) is 0 Å². The van der Waals surface area contributed by atoms with Gasteiger partial charge in [-0.15, -0.1) is 0 Å². The van der Waals surface area contributed by atoms with Crippen molar-refractivity contribution in [2.24, 2.45) is 0 Å². The molecule has 12 heteroatoms. The van der Waals surface area contributed by atoms with Gasteiger partial charge in [0.15, 0.2) is 0 Å². The summed E-state index contributed by atoms with van der Waals surface area (Å²) in [5.41, 5.74) is -0.414. The average molecular weight is 506 g/mol. The van der Waals surface area contributed by atoms with E-state index < -0.39 is 51.1 Å². The van der Waals surface area contributed by atoms with Crippen LogP contribution < -0.4 is 10.6 Å². The molecule has 0 aliphatic carbocycles. The summed E-state index contributed by atoms with van der Waals surface area (Å²) in [5.74, 6) is -2.78. The van der Waals surface area contributed by atoms with Crippen molar-refractivity contribution in [1.29, 1.82) is 0 Å². The second-order valence-corrected chi connectivity index (χ2v) is 8.04. The third-order valence-electron chi connectivity index (χ3n) is 5.40. The Hall–Kier alpha value is -5.13. The van der Waals surface area contributed by atoms with Crippen LogP contribution in [0.2, 0.25) is 0 Å². The largest absolute Gasteiger partial charge is 0.480 e. The van der Waals surface area contributed by atoms with E-state index in [1.54, 1.807) is 60.7 Å². The first-order valence-electron chi connectivity index (χ1n) is 11.0. The van der Waals surface area contributed by atoms with E-state index in [1.165, 1.54) is 0 Å². The number of carbonyl (C=O) groups excluding carboxylic acids is 2. The fourth-order valence-corrected chi connectivity index (χ4v) is 3.60. The molecular weight excluding hydrogens is 484 g/mol. The van der Waals surface area contributed by atoms with Crippen LogP contribution in [0.1, 0.15) is 33.9 Å². The molecule has 0 bridgehead atoms. The van der Waals surface area contributed by atoms with E-state index in [9.17, 15) is 39.7 Å². The zero-order valence-corrected chi connectivity index (χ0v) is 19.3. The monoisotopic (exact) mass is 506 g/mol. The van der Waals surface area contributed by atoms with Gasteiger partial charge in [0.1, 0.15) is 6.04 Å². The molecule has 0 radical (unpaired) electrons. The standard InChI is InChI=1S/C25H22N4O8/c30-23(26-22(25(32)33)11-16-7-3-1-4-8-16)15-21(17-9-5-2-6-10-17)27-24(31)18-12-19(28(34)35)14-20(13-18)29(36)37/h1-10,12-14,21-22H,11,15H2,(H,26,30)(H,27,31)(H,32,33)/t21-,22?/m0/s1. The van der Waals surface area contributed by atoms with Crippen LogP contribution in [0.15, 0.2) is 78.9 Å². The number of carboxylic acids is 1. The Morgan fingerprint density at radius 2 is 1.35 bits per heavy atom. The number of nitro benzene ring substituents is 2. The lowest BCUT2D eigenvalue weighted by Gasteiger charge is -2.21. The topological polar surface area (TPSA) is 182 Å². The molecule has 3 rings (SSSR count). The summed E-state index contributed by atoms with van der Waals surface area (Å²) in [6.07, 6.45) is -0.313. The molecule has 190 valence electrons. The van der Waals surface area contributed by atoms with Gasteiger partial charge in [-0.05, 0) is 11.1 Å². The molecule has 0 spiro atoms. The predicted molar refractivity (Wildman–Crippen MR) is 131 cm³/mol. The molecule has 0 heterocycles. The Balaban J connectivity index is 1.82. The fraction of sp³-hybridized carbons (Fsp3) is 0.160. The third kappa shape index (κ3) is 7.42. The summed E-state index contributed by atoms with van der Waals surface area (Å²) < 4.78 is 0. The zero-order chi connectivity index (χ0) is 26.9. The Kier molecular flexibility index (Phi) is 8.60. The summed E-state index contributed by atoms with van der Waals surface area (Å²) in [7, 11) is 0. The van der Waals surface area contributed by atoms with E-state index in [2.05, 4.69) is 10.6 Å². The molecule has 3 N–H and O–H groups in total. The molecule has 0 fully saturated rings. The van der Waals surface area contributed by atoms with Gasteiger partial charge in [-0.1, -0.05) is 60.7 Å². The molecule has 3 aromatic rings. The lowest BCUT2D eigenvalue weighted by atomic mass is 10.0. The lowest BCUT2D eigenvalue weighted by Crippen LogP contribution is -2.44. The van der Waals surface area contributed by atoms with Gasteiger partial charge in [-0.3, -0.25) is 29.8 Å². The molecule has 3 aromatic carbocycles. The quantitative estimate of drug-likeness (QED) is 0.262. The number of non-ortho nitro benzene ring substituents is 2. The number of nitrogens with zero attached hydrogens (tertiary/aromatic N) is 2. The van der Waals surface area contributed by atoms with Crippen molar-refractivity contribution in [2.45, 2.75) is 24.9 Å². The van der Waals surface area contributed by atoms with E-state index >= 15 is 0 Å². The molecule has 2 atom stereocenters. The van der Waals surface area contributed by atoms with Gasteiger partial charge in [-0.25, -0.2) is 4.79 Å². The highest BCUT2D eigenvalue weighted by Crippen LogP contribution is 2.24. The first-order valence-corrected chi connectivity index (χ1v) is 11.0. The predicted octanol–water partition coefficient (Wildman–Crippen LogP) is 3.18. The molecular formula is C25H22N4O8. The van der Waals surface area contributed by atoms with Gasteiger partial charge in [0.2, 0.25) is 5.91 Å².